The largest absolute Gasteiger partial charge is 0.356 e. The van der Waals surface area contributed by atoms with Gasteiger partial charge in [-0.2, -0.15) is 14.6 Å². The van der Waals surface area contributed by atoms with Crippen LogP contribution in [0.5, 0.6) is 0 Å². The normalized spacial score (nSPS) is 15.7. The standard InChI is InChI=1S/C17H22N8/c1-12-4-5-15-20-21-16(25(15)22-12)13-7-10-24(11-8-13)14-6-9-18-17(19-14)23(2)3/h4-6,9,13H,7-8,10-11H2,1-3H3. The molecule has 4 heterocycles. The van der Waals surface area contributed by atoms with Gasteiger partial charge < -0.3 is 9.80 Å². The topological polar surface area (TPSA) is 75.3 Å². The van der Waals surface area contributed by atoms with Gasteiger partial charge in [0.1, 0.15) is 5.82 Å². The molecule has 0 saturated carbocycles. The van der Waals surface area contributed by atoms with Crippen molar-refractivity contribution in [2.75, 3.05) is 37.0 Å². The Morgan fingerprint density at radius 3 is 2.64 bits per heavy atom. The summed E-state index contributed by atoms with van der Waals surface area (Å²) in [5, 5.41) is 13.2. The van der Waals surface area contributed by atoms with Crippen LogP contribution in [0.1, 0.15) is 30.3 Å². The van der Waals surface area contributed by atoms with Crippen molar-refractivity contribution in [2.24, 2.45) is 0 Å². The van der Waals surface area contributed by atoms with Gasteiger partial charge >= 0.3 is 0 Å². The second kappa shape index (κ2) is 6.27. The number of aryl methyl sites for hydroxylation is 1. The van der Waals surface area contributed by atoms with Crippen molar-refractivity contribution in [3.63, 3.8) is 0 Å². The van der Waals surface area contributed by atoms with Crippen LogP contribution >= 0.6 is 0 Å². The van der Waals surface area contributed by atoms with Crippen molar-refractivity contribution in [2.45, 2.75) is 25.7 Å². The summed E-state index contributed by atoms with van der Waals surface area (Å²) in [6.45, 7) is 3.87. The molecule has 4 rings (SSSR count). The summed E-state index contributed by atoms with van der Waals surface area (Å²) in [5.74, 6) is 3.06. The summed E-state index contributed by atoms with van der Waals surface area (Å²) in [7, 11) is 3.91. The van der Waals surface area contributed by atoms with Gasteiger partial charge in [-0.3, -0.25) is 0 Å². The maximum atomic E-state index is 4.64. The minimum atomic E-state index is 0.371. The van der Waals surface area contributed by atoms with Crippen LogP contribution < -0.4 is 9.80 Å². The lowest BCUT2D eigenvalue weighted by Gasteiger charge is -2.32. The predicted octanol–water partition coefficient (Wildman–Crippen LogP) is 1.67. The van der Waals surface area contributed by atoms with Gasteiger partial charge in [0, 0.05) is 39.3 Å². The molecular weight excluding hydrogens is 316 g/mol. The summed E-state index contributed by atoms with van der Waals surface area (Å²) in [4.78, 5) is 13.2. The fraction of sp³-hybridized carbons (Fsp3) is 0.471. The molecule has 0 radical (unpaired) electrons. The van der Waals surface area contributed by atoms with Crippen LogP contribution in [0.15, 0.2) is 24.4 Å². The number of fused-ring (bicyclic) bond motifs is 1. The summed E-state index contributed by atoms with van der Waals surface area (Å²) in [6.07, 6.45) is 3.85. The lowest BCUT2D eigenvalue weighted by Crippen LogP contribution is -2.34. The van der Waals surface area contributed by atoms with Crippen LogP contribution in [0, 0.1) is 6.92 Å². The van der Waals surface area contributed by atoms with Gasteiger partial charge in [0.25, 0.3) is 0 Å². The Bertz CT molecular complexity index is 879. The third kappa shape index (κ3) is 2.99. The molecule has 1 aliphatic heterocycles. The molecule has 1 saturated heterocycles. The monoisotopic (exact) mass is 338 g/mol. The number of aromatic nitrogens is 6. The first-order chi connectivity index (χ1) is 12.1. The Hall–Kier alpha value is -2.77. The molecule has 0 aliphatic carbocycles. The van der Waals surface area contributed by atoms with E-state index in [2.05, 4.69) is 30.2 Å². The summed E-state index contributed by atoms with van der Waals surface area (Å²) in [6, 6.07) is 5.91. The Labute approximate surface area is 146 Å². The number of nitrogens with zero attached hydrogens (tertiary/aromatic N) is 8. The Balaban J connectivity index is 1.51. The van der Waals surface area contributed by atoms with E-state index in [1.807, 2.05) is 54.8 Å². The third-order valence-electron chi connectivity index (χ3n) is 4.63. The van der Waals surface area contributed by atoms with Crippen molar-refractivity contribution in [1.82, 2.24) is 29.8 Å². The highest BCUT2D eigenvalue weighted by molar-refractivity contribution is 5.44. The Morgan fingerprint density at radius 1 is 1.08 bits per heavy atom. The average molecular weight is 338 g/mol. The molecule has 1 fully saturated rings. The highest BCUT2D eigenvalue weighted by atomic mass is 15.4. The lowest BCUT2D eigenvalue weighted by molar-refractivity contribution is 0.474. The number of hydrogen-bond acceptors (Lipinski definition) is 7. The number of piperidine rings is 1. The molecule has 8 nitrogen and oxygen atoms in total. The van der Waals surface area contributed by atoms with Gasteiger partial charge in [-0.05, 0) is 38.0 Å². The summed E-state index contributed by atoms with van der Waals surface area (Å²) >= 11 is 0. The maximum Gasteiger partial charge on any atom is 0.226 e. The first-order valence-corrected chi connectivity index (χ1v) is 8.56. The average Bonchev–Trinajstić information content (AvgIpc) is 3.05. The van der Waals surface area contributed by atoms with Crippen molar-refractivity contribution in [3.8, 4) is 0 Å². The van der Waals surface area contributed by atoms with Gasteiger partial charge in [0.15, 0.2) is 11.5 Å². The van der Waals surface area contributed by atoms with Gasteiger partial charge in [-0.1, -0.05) is 0 Å². The molecule has 0 spiro atoms. The van der Waals surface area contributed by atoms with Gasteiger partial charge in [-0.15, -0.1) is 10.2 Å². The Kier molecular flexibility index (Phi) is 3.95. The van der Waals surface area contributed by atoms with E-state index in [4.69, 9.17) is 0 Å². The highest BCUT2D eigenvalue weighted by Gasteiger charge is 2.26. The van der Waals surface area contributed by atoms with E-state index in [1.165, 1.54) is 0 Å². The highest BCUT2D eigenvalue weighted by Crippen LogP contribution is 2.29. The van der Waals surface area contributed by atoms with E-state index >= 15 is 0 Å². The molecule has 0 unspecified atom stereocenters. The van der Waals surface area contributed by atoms with E-state index in [1.54, 1.807) is 0 Å². The molecular formula is C17H22N8. The van der Waals surface area contributed by atoms with Crippen LogP contribution in [-0.2, 0) is 0 Å². The predicted molar refractivity (Wildman–Crippen MR) is 96.1 cm³/mol. The first-order valence-electron chi connectivity index (χ1n) is 8.56. The van der Waals surface area contributed by atoms with Crippen LogP contribution in [0.4, 0.5) is 11.8 Å². The fourth-order valence-electron chi connectivity index (χ4n) is 3.25. The maximum absolute atomic E-state index is 4.64. The van der Waals surface area contributed by atoms with E-state index in [0.29, 0.717) is 5.92 Å². The van der Waals surface area contributed by atoms with E-state index in [-0.39, 0.29) is 0 Å². The molecule has 8 heteroatoms. The zero-order valence-electron chi connectivity index (χ0n) is 14.8. The number of anilines is 2. The molecule has 0 amide bonds. The molecule has 1 aliphatic rings. The quantitative estimate of drug-likeness (QED) is 0.719. The number of rotatable bonds is 3. The van der Waals surface area contributed by atoms with E-state index < -0.39 is 0 Å². The van der Waals surface area contributed by atoms with Gasteiger partial charge in [0.05, 0.1) is 5.69 Å². The van der Waals surface area contributed by atoms with Gasteiger partial charge in [-0.25, -0.2) is 4.98 Å². The molecule has 0 N–H and O–H groups in total. The second-order valence-corrected chi connectivity index (χ2v) is 6.67. The minimum absolute atomic E-state index is 0.371. The molecule has 0 aromatic carbocycles. The van der Waals surface area contributed by atoms with Crippen molar-refractivity contribution < 1.29 is 0 Å². The van der Waals surface area contributed by atoms with Crippen LogP contribution in [0.3, 0.4) is 0 Å². The van der Waals surface area contributed by atoms with Crippen molar-refractivity contribution >= 4 is 17.4 Å². The van der Waals surface area contributed by atoms with Crippen molar-refractivity contribution in [3.05, 3.63) is 35.9 Å². The fourth-order valence-corrected chi connectivity index (χ4v) is 3.25. The summed E-state index contributed by atoms with van der Waals surface area (Å²) in [5.41, 5.74) is 1.79. The van der Waals surface area contributed by atoms with E-state index in [9.17, 15) is 0 Å². The first kappa shape index (κ1) is 15.7. The van der Waals surface area contributed by atoms with Crippen molar-refractivity contribution in [1.29, 1.82) is 0 Å². The molecule has 3 aromatic rings. The molecule has 0 atom stereocenters. The molecule has 0 bridgehead atoms. The zero-order chi connectivity index (χ0) is 17.4. The van der Waals surface area contributed by atoms with E-state index in [0.717, 1.165) is 54.9 Å². The number of hydrogen-bond donors (Lipinski definition) is 0. The van der Waals surface area contributed by atoms with Crippen LogP contribution in [0.2, 0.25) is 0 Å². The smallest absolute Gasteiger partial charge is 0.226 e. The SMILES string of the molecule is Cc1ccc2nnc(C3CCN(c4ccnc(N(C)C)n4)CC3)n2n1. The summed E-state index contributed by atoms with van der Waals surface area (Å²) < 4.78 is 1.89. The Morgan fingerprint density at radius 2 is 1.88 bits per heavy atom. The lowest BCUT2D eigenvalue weighted by atomic mass is 9.96. The molecule has 3 aromatic heterocycles. The molecule has 25 heavy (non-hydrogen) atoms. The van der Waals surface area contributed by atoms with Gasteiger partial charge in [0.2, 0.25) is 5.95 Å². The zero-order valence-corrected chi connectivity index (χ0v) is 14.8. The minimum Gasteiger partial charge on any atom is -0.356 e. The molecule has 130 valence electrons. The second-order valence-electron chi connectivity index (χ2n) is 6.67. The van der Waals surface area contributed by atoms with Crippen LogP contribution in [-0.4, -0.2) is 57.0 Å². The van der Waals surface area contributed by atoms with Crippen LogP contribution in [0.25, 0.3) is 5.65 Å². The third-order valence-corrected chi connectivity index (χ3v) is 4.63.